The molecule has 2 aromatic carbocycles. The van der Waals surface area contributed by atoms with Crippen LogP contribution in [0.3, 0.4) is 0 Å². The minimum Gasteiger partial charge on any atom is -0.444 e. The molecule has 6 nitrogen and oxygen atoms in total. The monoisotopic (exact) mass is 464 g/mol. The van der Waals surface area contributed by atoms with Crippen LogP contribution in [-0.2, 0) is 17.9 Å². The first-order valence-corrected chi connectivity index (χ1v) is 10.5. The van der Waals surface area contributed by atoms with Gasteiger partial charge in [0, 0.05) is 18.0 Å². The molecule has 0 saturated carbocycles. The van der Waals surface area contributed by atoms with Crippen molar-refractivity contribution in [3.05, 3.63) is 106 Å². The minimum absolute atomic E-state index is 0.180. The second-order valence-corrected chi connectivity index (χ2v) is 7.62. The fourth-order valence-corrected chi connectivity index (χ4v) is 3.47. The zero-order valence-corrected chi connectivity index (χ0v) is 18.4. The predicted octanol–water partition coefficient (Wildman–Crippen LogP) is 6.19. The molecule has 0 atom stereocenters. The summed E-state index contributed by atoms with van der Waals surface area (Å²) >= 11 is 12.0. The van der Waals surface area contributed by atoms with Crippen LogP contribution >= 0.6 is 23.2 Å². The van der Waals surface area contributed by atoms with Gasteiger partial charge in [-0.2, -0.15) is 0 Å². The van der Waals surface area contributed by atoms with Gasteiger partial charge in [0.15, 0.2) is 5.82 Å². The fraction of sp³-hybridized carbons (Fsp3) is 0.0833. The van der Waals surface area contributed by atoms with Gasteiger partial charge in [-0.25, -0.2) is 14.8 Å². The molecule has 2 aromatic heterocycles. The summed E-state index contributed by atoms with van der Waals surface area (Å²) in [6.45, 7) is 0.445. The molecule has 160 valence electrons. The smallest absolute Gasteiger partial charge is 0.414 e. The van der Waals surface area contributed by atoms with E-state index in [1.807, 2.05) is 66.7 Å². The van der Waals surface area contributed by atoms with Gasteiger partial charge in [0.05, 0.1) is 6.54 Å². The normalized spacial score (nSPS) is 10.6. The molecule has 0 unspecified atom stereocenters. The third-order valence-corrected chi connectivity index (χ3v) is 4.94. The lowest BCUT2D eigenvalue weighted by molar-refractivity contribution is 0.146. The Bertz CT molecular complexity index is 1190. The van der Waals surface area contributed by atoms with Gasteiger partial charge in [-0.3, -0.25) is 9.88 Å². The van der Waals surface area contributed by atoms with Crippen LogP contribution in [0.15, 0.2) is 85.1 Å². The van der Waals surface area contributed by atoms with E-state index >= 15 is 0 Å². The van der Waals surface area contributed by atoms with E-state index in [-0.39, 0.29) is 23.5 Å². The number of rotatable bonds is 6. The number of amides is 1. The van der Waals surface area contributed by atoms with E-state index in [9.17, 15) is 4.79 Å². The summed E-state index contributed by atoms with van der Waals surface area (Å²) in [5.41, 5.74) is 2.94. The SMILES string of the molecule is O=C(OCc1ccccc1)N(Cc1ccnc(-c2nc(Cl)cc(Cl)n2)c1)c1ccccc1. The number of nitrogens with zero attached hydrogens (tertiary/aromatic N) is 4. The van der Waals surface area contributed by atoms with Crippen molar-refractivity contribution < 1.29 is 9.53 Å². The molecule has 0 saturated heterocycles. The average molecular weight is 465 g/mol. The van der Waals surface area contributed by atoms with Gasteiger partial charge >= 0.3 is 6.09 Å². The Balaban J connectivity index is 1.58. The zero-order chi connectivity index (χ0) is 22.3. The third-order valence-electron chi connectivity index (χ3n) is 4.55. The molecule has 1 amide bonds. The summed E-state index contributed by atoms with van der Waals surface area (Å²) in [5, 5.41) is 0.449. The Morgan fingerprint density at radius 1 is 0.844 bits per heavy atom. The lowest BCUT2D eigenvalue weighted by Gasteiger charge is -2.22. The average Bonchev–Trinajstić information content (AvgIpc) is 2.82. The summed E-state index contributed by atoms with van der Waals surface area (Å²) in [6.07, 6.45) is 1.17. The molecule has 4 rings (SSSR count). The molecule has 0 spiro atoms. The van der Waals surface area contributed by atoms with Crippen LogP contribution in [0.25, 0.3) is 11.5 Å². The highest BCUT2D eigenvalue weighted by atomic mass is 35.5. The molecule has 0 N–H and O–H groups in total. The van der Waals surface area contributed by atoms with Gasteiger partial charge in [-0.05, 0) is 35.4 Å². The van der Waals surface area contributed by atoms with Crippen molar-refractivity contribution in [2.24, 2.45) is 0 Å². The number of anilines is 1. The van der Waals surface area contributed by atoms with E-state index in [2.05, 4.69) is 15.0 Å². The first kappa shape index (κ1) is 21.7. The van der Waals surface area contributed by atoms with Crippen LogP contribution in [0.2, 0.25) is 10.3 Å². The van der Waals surface area contributed by atoms with E-state index in [0.29, 0.717) is 17.2 Å². The van der Waals surface area contributed by atoms with Gasteiger partial charge in [0.1, 0.15) is 22.6 Å². The number of pyridine rings is 1. The fourth-order valence-electron chi connectivity index (χ4n) is 3.05. The van der Waals surface area contributed by atoms with Crippen molar-refractivity contribution in [3.8, 4) is 11.5 Å². The largest absolute Gasteiger partial charge is 0.444 e. The highest BCUT2D eigenvalue weighted by molar-refractivity contribution is 6.33. The highest BCUT2D eigenvalue weighted by Crippen LogP contribution is 2.22. The van der Waals surface area contributed by atoms with Crippen LogP contribution in [0.1, 0.15) is 11.1 Å². The molecule has 32 heavy (non-hydrogen) atoms. The van der Waals surface area contributed by atoms with Crippen molar-refractivity contribution in [2.45, 2.75) is 13.2 Å². The van der Waals surface area contributed by atoms with E-state index < -0.39 is 6.09 Å². The molecule has 2 heterocycles. The lowest BCUT2D eigenvalue weighted by atomic mass is 10.2. The lowest BCUT2D eigenvalue weighted by Crippen LogP contribution is -2.31. The molecule has 0 fully saturated rings. The molecule has 0 aliphatic rings. The number of carbonyl (C=O) groups excluding carboxylic acids is 1. The number of carbonyl (C=O) groups is 1. The van der Waals surface area contributed by atoms with Gasteiger partial charge in [-0.15, -0.1) is 0 Å². The van der Waals surface area contributed by atoms with Crippen molar-refractivity contribution in [2.75, 3.05) is 4.90 Å². The molecule has 0 aliphatic carbocycles. The Morgan fingerprint density at radius 2 is 1.50 bits per heavy atom. The van der Waals surface area contributed by atoms with Crippen LogP contribution in [0, 0.1) is 0 Å². The Morgan fingerprint density at radius 3 is 2.19 bits per heavy atom. The van der Waals surface area contributed by atoms with Crippen LogP contribution in [0.4, 0.5) is 10.5 Å². The molecular formula is C24H18Cl2N4O2. The van der Waals surface area contributed by atoms with Crippen molar-refractivity contribution in [1.82, 2.24) is 15.0 Å². The molecule has 4 aromatic rings. The molecule has 8 heteroatoms. The van der Waals surface area contributed by atoms with E-state index in [4.69, 9.17) is 27.9 Å². The topological polar surface area (TPSA) is 68.2 Å². The predicted molar refractivity (Wildman–Crippen MR) is 125 cm³/mol. The standard InChI is InChI=1S/C24H18Cl2N4O2/c25-21-14-22(26)29-23(28-21)20-13-18(11-12-27-20)15-30(19-9-5-2-6-10-19)24(31)32-16-17-7-3-1-4-8-17/h1-14H,15-16H2. The van der Waals surface area contributed by atoms with E-state index in [1.165, 1.54) is 6.07 Å². The van der Waals surface area contributed by atoms with Crippen LogP contribution in [0.5, 0.6) is 0 Å². The number of aromatic nitrogens is 3. The Hall–Kier alpha value is -3.48. The summed E-state index contributed by atoms with van der Waals surface area (Å²) < 4.78 is 5.57. The van der Waals surface area contributed by atoms with Gasteiger partial charge in [0.2, 0.25) is 0 Å². The summed E-state index contributed by atoms with van der Waals surface area (Å²) in [7, 11) is 0. The maximum atomic E-state index is 13.0. The quantitative estimate of drug-likeness (QED) is 0.318. The summed E-state index contributed by atoms with van der Waals surface area (Å²) in [5.74, 6) is 0.308. The van der Waals surface area contributed by atoms with Crippen LogP contribution in [-0.4, -0.2) is 21.0 Å². The van der Waals surface area contributed by atoms with E-state index in [0.717, 1.165) is 11.1 Å². The van der Waals surface area contributed by atoms with Gasteiger partial charge in [-0.1, -0.05) is 71.7 Å². The molecule has 0 aliphatic heterocycles. The molecule has 0 radical (unpaired) electrons. The number of ether oxygens (including phenoxy) is 1. The molecular weight excluding hydrogens is 447 g/mol. The van der Waals surface area contributed by atoms with Crippen molar-refractivity contribution in [3.63, 3.8) is 0 Å². The minimum atomic E-state index is -0.458. The number of hydrogen-bond donors (Lipinski definition) is 0. The summed E-state index contributed by atoms with van der Waals surface area (Å²) in [4.78, 5) is 27.2. The third kappa shape index (κ3) is 5.60. The second kappa shape index (κ2) is 10.2. The number of benzene rings is 2. The van der Waals surface area contributed by atoms with Gasteiger partial charge in [0.25, 0.3) is 0 Å². The maximum Gasteiger partial charge on any atom is 0.414 e. The van der Waals surface area contributed by atoms with Crippen LogP contribution < -0.4 is 4.90 Å². The number of para-hydroxylation sites is 1. The zero-order valence-electron chi connectivity index (χ0n) is 16.9. The van der Waals surface area contributed by atoms with Crippen molar-refractivity contribution >= 4 is 35.0 Å². The summed E-state index contributed by atoms with van der Waals surface area (Å²) in [6, 6.07) is 23.9. The number of halogens is 2. The highest BCUT2D eigenvalue weighted by Gasteiger charge is 2.19. The maximum absolute atomic E-state index is 13.0. The Kier molecular flexibility index (Phi) is 6.94. The second-order valence-electron chi connectivity index (χ2n) is 6.85. The number of hydrogen-bond acceptors (Lipinski definition) is 5. The first-order chi connectivity index (χ1) is 15.6. The first-order valence-electron chi connectivity index (χ1n) is 9.77. The van der Waals surface area contributed by atoms with Crippen molar-refractivity contribution in [1.29, 1.82) is 0 Å². The molecule has 0 bridgehead atoms. The Labute approximate surface area is 195 Å². The van der Waals surface area contributed by atoms with E-state index in [1.54, 1.807) is 17.2 Å². The van der Waals surface area contributed by atoms with Gasteiger partial charge < -0.3 is 4.74 Å².